The summed E-state index contributed by atoms with van der Waals surface area (Å²) in [5.74, 6) is 0.571. The second-order valence-corrected chi connectivity index (χ2v) is 6.31. The van der Waals surface area contributed by atoms with Gasteiger partial charge in [-0.2, -0.15) is 5.10 Å². The van der Waals surface area contributed by atoms with E-state index in [0.717, 1.165) is 11.3 Å². The van der Waals surface area contributed by atoms with Crippen LogP contribution in [0.3, 0.4) is 0 Å². The van der Waals surface area contributed by atoms with Crippen molar-refractivity contribution in [3.05, 3.63) is 35.3 Å². The average Bonchev–Trinajstić information content (AvgIpc) is 3.04. The molecular weight excluding hydrogens is 276 g/mol. The number of aryl methyl sites for hydroxylation is 2. The Kier molecular flexibility index (Phi) is 4.05. The highest BCUT2D eigenvalue weighted by molar-refractivity contribution is 6.03. The van der Waals surface area contributed by atoms with E-state index in [1.165, 1.54) is 32.1 Å². The molecule has 22 heavy (non-hydrogen) atoms. The molecule has 0 unspecified atom stereocenters. The molecule has 0 spiro atoms. The third kappa shape index (κ3) is 2.80. The molecule has 0 bridgehead atoms. The Hall–Kier alpha value is -2.04. The lowest BCUT2D eigenvalue weighted by atomic mass is 9.96. The SMILES string of the molecule is Cc1cn(C2CCCCC2)nc1NC(=O)c1ccc(C)n1C. The number of carbonyl (C=O) groups is 1. The van der Waals surface area contributed by atoms with Crippen LogP contribution < -0.4 is 5.32 Å². The van der Waals surface area contributed by atoms with Crippen molar-refractivity contribution in [3.63, 3.8) is 0 Å². The highest BCUT2D eigenvalue weighted by Gasteiger charge is 2.19. The van der Waals surface area contributed by atoms with Crippen molar-refractivity contribution in [2.45, 2.75) is 52.0 Å². The van der Waals surface area contributed by atoms with Crippen molar-refractivity contribution in [1.82, 2.24) is 14.3 Å². The summed E-state index contributed by atoms with van der Waals surface area (Å²) in [4.78, 5) is 12.4. The van der Waals surface area contributed by atoms with Crippen molar-refractivity contribution < 1.29 is 4.79 Å². The number of hydrogen-bond donors (Lipinski definition) is 1. The van der Waals surface area contributed by atoms with Gasteiger partial charge in [0.25, 0.3) is 5.91 Å². The van der Waals surface area contributed by atoms with Crippen molar-refractivity contribution in [2.75, 3.05) is 5.32 Å². The van der Waals surface area contributed by atoms with Crippen LogP contribution in [0.4, 0.5) is 5.82 Å². The zero-order chi connectivity index (χ0) is 15.7. The van der Waals surface area contributed by atoms with Gasteiger partial charge in [-0.15, -0.1) is 0 Å². The molecule has 0 aromatic carbocycles. The minimum atomic E-state index is -0.104. The Morgan fingerprint density at radius 3 is 2.59 bits per heavy atom. The van der Waals surface area contributed by atoms with Crippen molar-refractivity contribution >= 4 is 11.7 Å². The number of hydrogen-bond acceptors (Lipinski definition) is 2. The molecule has 5 heteroatoms. The number of rotatable bonds is 3. The highest BCUT2D eigenvalue weighted by Crippen LogP contribution is 2.29. The molecule has 0 aliphatic heterocycles. The van der Waals surface area contributed by atoms with Gasteiger partial charge in [-0.05, 0) is 38.8 Å². The largest absolute Gasteiger partial charge is 0.344 e. The maximum atomic E-state index is 12.4. The summed E-state index contributed by atoms with van der Waals surface area (Å²) in [6, 6.07) is 4.27. The predicted molar refractivity (Wildman–Crippen MR) is 87.2 cm³/mol. The molecule has 0 radical (unpaired) electrons. The van der Waals surface area contributed by atoms with Crippen LogP contribution in [0.15, 0.2) is 18.3 Å². The molecule has 1 aliphatic carbocycles. The van der Waals surface area contributed by atoms with Crippen LogP contribution in [0, 0.1) is 13.8 Å². The van der Waals surface area contributed by atoms with E-state index in [1.807, 2.05) is 42.3 Å². The van der Waals surface area contributed by atoms with Gasteiger partial charge in [0.1, 0.15) is 5.69 Å². The van der Waals surface area contributed by atoms with Crippen LogP contribution >= 0.6 is 0 Å². The number of aromatic nitrogens is 3. The minimum Gasteiger partial charge on any atom is -0.344 e. The standard InChI is InChI=1S/C17H24N4O/c1-12-11-21(14-7-5-4-6-8-14)19-16(12)18-17(22)15-10-9-13(2)20(15)3/h9-11,14H,4-8H2,1-3H3,(H,18,19,22). The van der Waals surface area contributed by atoms with Crippen molar-refractivity contribution in [2.24, 2.45) is 7.05 Å². The number of nitrogens with one attached hydrogen (secondary N) is 1. The van der Waals surface area contributed by atoms with Gasteiger partial charge in [-0.1, -0.05) is 19.3 Å². The molecule has 0 atom stereocenters. The predicted octanol–water partition coefficient (Wildman–Crippen LogP) is 3.60. The van der Waals surface area contributed by atoms with Gasteiger partial charge in [0.05, 0.1) is 6.04 Å². The molecular formula is C17H24N4O. The number of amides is 1. The first kappa shape index (κ1) is 14.9. The molecule has 1 amide bonds. The van der Waals surface area contributed by atoms with Gasteiger partial charge in [0, 0.05) is 24.5 Å². The van der Waals surface area contributed by atoms with Crippen LogP contribution in [-0.2, 0) is 7.05 Å². The lowest BCUT2D eigenvalue weighted by molar-refractivity contribution is 0.101. The molecule has 118 valence electrons. The monoisotopic (exact) mass is 300 g/mol. The second kappa shape index (κ2) is 5.99. The van der Waals surface area contributed by atoms with E-state index in [4.69, 9.17) is 0 Å². The molecule has 1 aliphatic rings. The van der Waals surface area contributed by atoms with E-state index in [0.29, 0.717) is 17.6 Å². The van der Waals surface area contributed by atoms with E-state index in [-0.39, 0.29) is 5.91 Å². The second-order valence-electron chi connectivity index (χ2n) is 6.31. The zero-order valence-corrected chi connectivity index (χ0v) is 13.6. The van der Waals surface area contributed by atoms with Gasteiger partial charge >= 0.3 is 0 Å². The summed E-state index contributed by atoms with van der Waals surface area (Å²) in [7, 11) is 1.90. The summed E-state index contributed by atoms with van der Waals surface area (Å²) >= 11 is 0. The summed E-state index contributed by atoms with van der Waals surface area (Å²) in [6.07, 6.45) is 8.30. The number of anilines is 1. The Morgan fingerprint density at radius 1 is 1.23 bits per heavy atom. The van der Waals surface area contributed by atoms with E-state index in [9.17, 15) is 4.79 Å². The van der Waals surface area contributed by atoms with Crippen LogP contribution in [0.1, 0.15) is 59.9 Å². The van der Waals surface area contributed by atoms with Crippen LogP contribution in [0.25, 0.3) is 0 Å². The zero-order valence-electron chi connectivity index (χ0n) is 13.6. The third-order valence-corrected chi connectivity index (χ3v) is 4.70. The number of carbonyl (C=O) groups excluding carboxylic acids is 1. The Bertz CT molecular complexity index is 677. The quantitative estimate of drug-likeness (QED) is 0.941. The molecule has 1 fully saturated rings. The Morgan fingerprint density at radius 2 is 1.95 bits per heavy atom. The summed E-state index contributed by atoms with van der Waals surface area (Å²) in [5, 5.41) is 7.56. The van der Waals surface area contributed by atoms with Crippen LogP contribution in [-0.4, -0.2) is 20.3 Å². The van der Waals surface area contributed by atoms with Crippen molar-refractivity contribution in [3.8, 4) is 0 Å². The number of nitrogens with zero attached hydrogens (tertiary/aromatic N) is 3. The first-order chi connectivity index (χ1) is 10.6. The fraction of sp³-hybridized carbons (Fsp3) is 0.529. The smallest absolute Gasteiger partial charge is 0.273 e. The van der Waals surface area contributed by atoms with Crippen LogP contribution in [0.5, 0.6) is 0 Å². The first-order valence-electron chi connectivity index (χ1n) is 8.05. The van der Waals surface area contributed by atoms with Gasteiger partial charge < -0.3 is 9.88 Å². The summed E-state index contributed by atoms with van der Waals surface area (Å²) < 4.78 is 3.93. The van der Waals surface area contributed by atoms with Crippen LogP contribution in [0.2, 0.25) is 0 Å². The molecule has 3 rings (SSSR count). The van der Waals surface area contributed by atoms with E-state index in [2.05, 4.69) is 16.6 Å². The van der Waals surface area contributed by atoms with Gasteiger partial charge in [0.2, 0.25) is 0 Å². The van der Waals surface area contributed by atoms with E-state index < -0.39 is 0 Å². The van der Waals surface area contributed by atoms with Gasteiger partial charge in [0.15, 0.2) is 5.82 Å². The first-order valence-corrected chi connectivity index (χ1v) is 8.05. The fourth-order valence-corrected chi connectivity index (χ4v) is 3.15. The maximum absolute atomic E-state index is 12.4. The summed E-state index contributed by atoms with van der Waals surface area (Å²) in [5.41, 5.74) is 2.74. The topological polar surface area (TPSA) is 51.9 Å². The lowest BCUT2D eigenvalue weighted by Gasteiger charge is -2.21. The summed E-state index contributed by atoms with van der Waals surface area (Å²) in [6.45, 7) is 3.98. The highest BCUT2D eigenvalue weighted by atomic mass is 16.2. The fourth-order valence-electron chi connectivity index (χ4n) is 3.15. The molecule has 1 N–H and O–H groups in total. The Balaban J connectivity index is 1.76. The van der Waals surface area contributed by atoms with E-state index in [1.54, 1.807) is 0 Å². The minimum absolute atomic E-state index is 0.104. The Labute approximate surface area is 131 Å². The van der Waals surface area contributed by atoms with Gasteiger partial charge in [-0.25, -0.2) is 0 Å². The van der Waals surface area contributed by atoms with E-state index >= 15 is 0 Å². The maximum Gasteiger partial charge on any atom is 0.273 e. The van der Waals surface area contributed by atoms with Gasteiger partial charge in [-0.3, -0.25) is 9.48 Å². The molecule has 0 saturated heterocycles. The molecule has 5 nitrogen and oxygen atoms in total. The molecule has 2 aromatic heterocycles. The molecule has 2 aromatic rings. The molecule has 1 saturated carbocycles. The van der Waals surface area contributed by atoms with Crippen molar-refractivity contribution in [1.29, 1.82) is 0 Å². The average molecular weight is 300 g/mol. The third-order valence-electron chi connectivity index (χ3n) is 4.70. The lowest BCUT2D eigenvalue weighted by Crippen LogP contribution is -2.18. The normalized spacial score (nSPS) is 16.0. The molecule has 2 heterocycles.